The Morgan fingerprint density at radius 3 is 2.46 bits per heavy atom. The van der Waals surface area contributed by atoms with Crippen LogP contribution in [0.2, 0.25) is 0 Å². The Labute approximate surface area is 157 Å². The van der Waals surface area contributed by atoms with Gasteiger partial charge in [0.05, 0.1) is 0 Å². The van der Waals surface area contributed by atoms with Crippen LogP contribution in [-0.2, 0) is 11.3 Å². The lowest BCUT2D eigenvalue weighted by Crippen LogP contribution is -2.22. The highest BCUT2D eigenvalue weighted by molar-refractivity contribution is 5.75. The Hall–Kier alpha value is -2.60. The summed E-state index contributed by atoms with van der Waals surface area (Å²) in [6.45, 7) is 0.625. The van der Waals surface area contributed by atoms with Crippen LogP contribution < -0.4 is 5.32 Å². The Morgan fingerprint density at radius 1 is 0.923 bits per heavy atom. The van der Waals surface area contributed by atoms with Gasteiger partial charge < -0.3 is 5.32 Å². The van der Waals surface area contributed by atoms with E-state index in [0.29, 0.717) is 13.0 Å². The number of amides is 1. The molecular formula is C23H28N2O. The van der Waals surface area contributed by atoms with Gasteiger partial charge >= 0.3 is 0 Å². The average Bonchev–Trinajstić information content (AvgIpc) is 2.69. The molecule has 136 valence electrons. The summed E-state index contributed by atoms with van der Waals surface area (Å²) in [5, 5.41) is 2.98. The van der Waals surface area contributed by atoms with E-state index in [2.05, 4.69) is 22.1 Å². The van der Waals surface area contributed by atoms with E-state index in [-0.39, 0.29) is 5.91 Å². The van der Waals surface area contributed by atoms with Crippen LogP contribution in [-0.4, -0.2) is 10.9 Å². The largest absolute Gasteiger partial charge is 0.352 e. The first kappa shape index (κ1) is 19.7. The smallest absolute Gasteiger partial charge is 0.220 e. The van der Waals surface area contributed by atoms with Gasteiger partial charge in [-0.1, -0.05) is 67.9 Å². The maximum absolute atomic E-state index is 11.8. The Morgan fingerprint density at radius 2 is 1.69 bits per heavy atom. The summed E-state index contributed by atoms with van der Waals surface area (Å²) in [6.07, 6.45) is 12.0. The molecule has 0 aliphatic carbocycles. The molecule has 0 unspecified atom stereocenters. The minimum atomic E-state index is 0.152. The van der Waals surface area contributed by atoms with E-state index >= 15 is 0 Å². The summed E-state index contributed by atoms with van der Waals surface area (Å²) in [6, 6.07) is 13.9. The van der Waals surface area contributed by atoms with Crippen LogP contribution in [0.25, 0.3) is 0 Å². The highest BCUT2D eigenvalue weighted by Gasteiger charge is 2.01. The Balaban J connectivity index is 1.41. The zero-order valence-electron chi connectivity index (χ0n) is 15.4. The van der Waals surface area contributed by atoms with E-state index in [0.717, 1.165) is 36.8 Å². The normalized spacial score (nSPS) is 10.0. The molecule has 1 N–H and O–H groups in total. The van der Waals surface area contributed by atoms with Gasteiger partial charge in [0.2, 0.25) is 5.91 Å². The molecule has 3 nitrogen and oxygen atoms in total. The molecule has 3 heteroatoms. The van der Waals surface area contributed by atoms with E-state index in [1.54, 1.807) is 12.4 Å². The number of rotatable bonds is 10. The quantitative estimate of drug-likeness (QED) is 0.491. The Kier molecular flexibility index (Phi) is 9.65. The first-order chi connectivity index (χ1) is 12.8. The third kappa shape index (κ3) is 9.03. The number of hydrogen-bond acceptors (Lipinski definition) is 2. The zero-order valence-corrected chi connectivity index (χ0v) is 15.4. The summed E-state index contributed by atoms with van der Waals surface area (Å²) in [5.41, 5.74) is 2.13. The van der Waals surface area contributed by atoms with Crippen LogP contribution in [0.3, 0.4) is 0 Å². The third-order valence-corrected chi connectivity index (χ3v) is 4.18. The van der Waals surface area contributed by atoms with Crippen LogP contribution >= 0.6 is 0 Å². The lowest BCUT2D eigenvalue weighted by molar-refractivity contribution is -0.121. The van der Waals surface area contributed by atoms with Gasteiger partial charge in [-0.05, 0) is 30.5 Å². The van der Waals surface area contributed by atoms with Crippen molar-refractivity contribution >= 4 is 5.91 Å². The number of carbonyl (C=O) groups excluding carboxylic acids is 1. The molecule has 1 heterocycles. The summed E-state index contributed by atoms with van der Waals surface area (Å²) < 4.78 is 0. The molecule has 0 atom stereocenters. The molecule has 1 amide bonds. The van der Waals surface area contributed by atoms with Crippen LogP contribution in [0.1, 0.15) is 62.5 Å². The van der Waals surface area contributed by atoms with Crippen molar-refractivity contribution in [2.75, 3.05) is 0 Å². The minimum absolute atomic E-state index is 0.152. The van der Waals surface area contributed by atoms with Gasteiger partial charge in [-0.2, -0.15) is 0 Å². The first-order valence-electron chi connectivity index (χ1n) is 9.54. The molecular weight excluding hydrogens is 320 g/mol. The minimum Gasteiger partial charge on any atom is -0.352 e. The molecule has 1 aromatic heterocycles. The van der Waals surface area contributed by atoms with Crippen LogP contribution in [0.5, 0.6) is 0 Å². The third-order valence-electron chi connectivity index (χ3n) is 4.18. The Bertz CT molecular complexity index is 686. The molecule has 0 saturated heterocycles. The number of carbonyl (C=O) groups is 1. The van der Waals surface area contributed by atoms with Crippen molar-refractivity contribution in [2.24, 2.45) is 0 Å². The number of nitrogens with one attached hydrogen (secondary N) is 1. The molecule has 0 fully saturated rings. The number of benzene rings is 1. The molecule has 1 aromatic carbocycles. The maximum Gasteiger partial charge on any atom is 0.220 e. The van der Waals surface area contributed by atoms with Gasteiger partial charge in [-0.3, -0.25) is 9.78 Å². The molecule has 0 aliphatic rings. The lowest BCUT2D eigenvalue weighted by atomic mass is 10.1. The fourth-order valence-corrected chi connectivity index (χ4v) is 2.69. The maximum atomic E-state index is 11.8. The van der Waals surface area contributed by atoms with Gasteiger partial charge in [0.15, 0.2) is 0 Å². The van der Waals surface area contributed by atoms with E-state index in [1.807, 2.05) is 42.5 Å². The molecule has 0 aliphatic heterocycles. The zero-order chi connectivity index (χ0) is 18.3. The monoisotopic (exact) mass is 348 g/mol. The van der Waals surface area contributed by atoms with E-state index in [9.17, 15) is 4.79 Å². The van der Waals surface area contributed by atoms with Gasteiger partial charge in [0.1, 0.15) is 0 Å². The number of hydrogen-bond donors (Lipinski definition) is 1. The number of aromatic nitrogens is 1. The predicted molar refractivity (Wildman–Crippen MR) is 106 cm³/mol. The molecule has 0 spiro atoms. The van der Waals surface area contributed by atoms with Crippen molar-refractivity contribution in [1.82, 2.24) is 10.3 Å². The summed E-state index contributed by atoms with van der Waals surface area (Å²) in [7, 11) is 0. The predicted octanol–water partition coefficient (Wildman–Crippen LogP) is 4.87. The second-order valence-electron chi connectivity index (χ2n) is 6.43. The summed E-state index contributed by atoms with van der Waals surface area (Å²) in [5.74, 6) is 6.49. The van der Waals surface area contributed by atoms with E-state index in [1.165, 1.54) is 19.3 Å². The van der Waals surface area contributed by atoms with Gasteiger partial charge in [0.25, 0.3) is 0 Å². The van der Waals surface area contributed by atoms with Crippen molar-refractivity contribution in [3.8, 4) is 11.8 Å². The lowest BCUT2D eigenvalue weighted by Gasteiger charge is -2.05. The molecule has 2 aromatic rings. The highest BCUT2D eigenvalue weighted by atomic mass is 16.1. The van der Waals surface area contributed by atoms with Gasteiger partial charge in [-0.25, -0.2) is 0 Å². The van der Waals surface area contributed by atoms with Gasteiger partial charge in [-0.15, -0.1) is 0 Å². The second kappa shape index (κ2) is 12.7. The van der Waals surface area contributed by atoms with E-state index in [4.69, 9.17) is 0 Å². The second-order valence-corrected chi connectivity index (χ2v) is 6.43. The molecule has 2 rings (SSSR count). The number of nitrogens with zero attached hydrogens (tertiary/aromatic N) is 1. The average molecular weight is 348 g/mol. The number of unbranched alkanes of at least 4 members (excludes halogenated alkanes) is 6. The molecule has 0 bridgehead atoms. The van der Waals surface area contributed by atoms with Crippen molar-refractivity contribution in [2.45, 2.75) is 57.9 Å². The molecule has 0 saturated carbocycles. The summed E-state index contributed by atoms with van der Waals surface area (Å²) >= 11 is 0. The molecule has 0 radical (unpaired) electrons. The summed E-state index contributed by atoms with van der Waals surface area (Å²) in [4.78, 5) is 15.9. The fourth-order valence-electron chi connectivity index (χ4n) is 2.69. The van der Waals surface area contributed by atoms with Crippen LogP contribution in [0, 0.1) is 11.8 Å². The molecule has 26 heavy (non-hydrogen) atoms. The van der Waals surface area contributed by atoms with Crippen molar-refractivity contribution in [1.29, 1.82) is 0 Å². The van der Waals surface area contributed by atoms with Crippen molar-refractivity contribution < 1.29 is 4.79 Å². The van der Waals surface area contributed by atoms with E-state index < -0.39 is 0 Å². The van der Waals surface area contributed by atoms with Crippen LogP contribution in [0.4, 0.5) is 0 Å². The van der Waals surface area contributed by atoms with Crippen LogP contribution in [0.15, 0.2) is 54.9 Å². The topological polar surface area (TPSA) is 42.0 Å². The number of pyridine rings is 1. The van der Waals surface area contributed by atoms with Gasteiger partial charge in [0, 0.05) is 37.3 Å². The van der Waals surface area contributed by atoms with Crippen molar-refractivity contribution in [3.05, 3.63) is 66.0 Å². The standard InChI is InChI=1S/C23H28N2O/c26-23(25-20-22-14-9-7-10-15-22)17-11-6-4-2-1-3-5-8-13-21-16-12-18-24-19-21/h7,9-10,12,14-16,18-19H,1-6,11,17,20H2,(H,25,26). The highest BCUT2D eigenvalue weighted by Crippen LogP contribution is 2.08. The fraction of sp³-hybridized carbons (Fsp3) is 0.391. The SMILES string of the molecule is O=C(CCCCCCCCC#Cc1cccnc1)NCc1ccccc1. The van der Waals surface area contributed by atoms with Crippen molar-refractivity contribution in [3.63, 3.8) is 0 Å². The first-order valence-corrected chi connectivity index (χ1v) is 9.54.